The lowest BCUT2D eigenvalue weighted by molar-refractivity contribution is 0.0761. The number of aryl methyl sites for hydroxylation is 1. The van der Waals surface area contributed by atoms with Crippen LogP contribution in [0.5, 0.6) is 0 Å². The van der Waals surface area contributed by atoms with E-state index in [9.17, 15) is 9.90 Å². The van der Waals surface area contributed by atoms with Gasteiger partial charge >= 0.3 is 0 Å². The highest BCUT2D eigenvalue weighted by Gasteiger charge is 2.15. The van der Waals surface area contributed by atoms with Crippen molar-refractivity contribution in [1.29, 1.82) is 0 Å². The molecule has 1 amide bonds. The molecule has 24 heavy (non-hydrogen) atoms. The zero-order valence-electron chi connectivity index (χ0n) is 14.0. The first kappa shape index (κ1) is 16.3. The Labute approximate surface area is 141 Å². The normalized spacial score (nSPS) is 12.3. The highest BCUT2D eigenvalue weighted by Crippen LogP contribution is 2.19. The van der Waals surface area contributed by atoms with Crippen LogP contribution in [0.15, 0.2) is 60.8 Å². The van der Waals surface area contributed by atoms with Crippen LogP contribution in [-0.4, -0.2) is 34.1 Å². The molecule has 1 aromatic heterocycles. The molecule has 3 aromatic rings. The van der Waals surface area contributed by atoms with E-state index in [0.29, 0.717) is 18.5 Å². The van der Waals surface area contributed by atoms with Gasteiger partial charge in [0.1, 0.15) is 0 Å². The van der Waals surface area contributed by atoms with Gasteiger partial charge in [-0.15, -0.1) is 0 Å². The number of amides is 1. The van der Waals surface area contributed by atoms with Crippen molar-refractivity contribution >= 4 is 16.8 Å². The molecular formula is C20H22N2O2. The standard InChI is InChI=1S/C20H22N2O2/c1-21-12-10-15-8-9-17(14-18(15)21)20(24)22(2)13-11-19(23)16-6-4-3-5-7-16/h3-10,12,14,19,23H,11,13H2,1-2H3. The summed E-state index contributed by atoms with van der Waals surface area (Å²) < 4.78 is 2.01. The molecule has 4 nitrogen and oxygen atoms in total. The molecule has 0 aliphatic carbocycles. The molecule has 0 fully saturated rings. The molecule has 1 N–H and O–H groups in total. The minimum absolute atomic E-state index is 0.0293. The van der Waals surface area contributed by atoms with Crippen molar-refractivity contribution in [2.24, 2.45) is 7.05 Å². The van der Waals surface area contributed by atoms with Gasteiger partial charge < -0.3 is 14.6 Å². The summed E-state index contributed by atoms with van der Waals surface area (Å²) in [7, 11) is 3.74. The fraction of sp³-hybridized carbons (Fsp3) is 0.250. The molecule has 0 aliphatic heterocycles. The van der Waals surface area contributed by atoms with E-state index in [1.54, 1.807) is 11.9 Å². The second kappa shape index (κ2) is 6.89. The Balaban J connectivity index is 1.66. The summed E-state index contributed by atoms with van der Waals surface area (Å²) in [4.78, 5) is 14.3. The molecule has 124 valence electrons. The van der Waals surface area contributed by atoms with E-state index >= 15 is 0 Å². The van der Waals surface area contributed by atoms with Gasteiger partial charge in [0.05, 0.1) is 6.10 Å². The SMILES string of the molecule is CN(CCC(O)c1ccccc1)C(=O)c1ccc2ccn(C)c2c1. The summed E-state index contributed by atoms with van der Waals surface area (Å²) in [6.07, 6.45) is 1.94. The molecule has 0 spiro atoms. The number of carbonyl (C=O) groups excluding carboxylic acids is 1. The van der Waals surface area contributed by atoms with Crippen LogP contribution in [0.1, 0.15) is 28.4 Å². The molecule has 1 atom stereocenters. The van der Waals surface area contributed by atoms with Gasteiger partial charge in [-0.05, 0) is 35.6 Å². The van der Waals surface area contributed by atoms with Gasteiger partial charge in [0, 0.05) is 37.9 Å². The van der Waals surface area contributed by atoms with Gasteiger partial charge in [0.15, 0.2) is 0 Å². The maximum atomic E-state index is 12.6. The fourth-order valence-corrected chi connectivity index (χ4v) is 2.88. The molecule has 0 aliphatic rings. The highest BCUT2D eigenvalue weighted by molar-refractivity contribution is 5.97. The number of hydrogen-bond donors (Lipinski definition) is 1. The monoisotopic (exact) mass is 322 g/mol. The number of carbonyl (C=O) groups is 1. The van der Waals surface area contributed by atoms with Crippen LogP contribution in [0.25, 0.3) is 10.9 Å². The number of hydrogen-bond acceptors (Lipinski definition) is 2. The van der Waals surface area contributed by atoms with Gasteiger partial charge in [0.25, 0.3) is 5.91 Å². The quantitative estimate of drug-likeness (QED) is 0.783. The minimum Gasteiger partial charge on any atom is -0.388 e. The third-order valence-electron chi connectivity index (χ3n) is 4.40. The van der Waals surface area contributed by atoms with Crippen LogP contribution in [0, 0.1) is 0 Å². The lowest BCUT2D eigenvalue weighted by Gasteiger charge is -2.19. The number of fused-ring (bicyclic) bond motifs is 1. The van der Waals surface area contributed by atoms with Crippen molar-refractivity contribution in [2.75, 3.05) is 13.6 Å². The Morgan fingerprint density at radius 3 is 2.67 bits per heavy atom. The second-order valence-corrected chi connectivity index (χ2v) is 6.14. The minimum atomic E-state index is -0.559. The smallest absolute Gasteiger partial charge is 0.253 e. The molecule has 0 saturated carbocycles. The van der Waals surface area contributed by atoms with Crippen LogP contribution in [0.2, 0.25) is 0 Å². The number of rotatable bonds is 5. The highest BCUT2D eigenvalue weighted by atomic mass is 16.3. The van der Waals surface area contributed by atoms with E-state index in [1.165, 1.54) is 0 Å². The molecule has 0 bridgehead atoms. The van der Waals surface area contributed by atoms with Gasteiger partial charge in [-0.2, -0.15) is 0 Å². The fourth-order valence-electron chi connectivity index (χ4n) is 2.88. The lowest BCUT2D eigenvalue weighted by Crippen LogP contribution is -2.28. The third-order valence-corrected chi connectivity index (χ3v) is 4.40. The maximum Gasteiger partial charge on any atom is 0.253 e. The van der Waals surface area contributed by atoms with Crippen molar-refractivity contribution in [1.82, 2.24) is 9.47 Å². The van der Waals surface area contributed by atoms with Gasteiger partial charge in [-0.25, -0.2) is 0 Å². The second-order valence-electron chi connectivity index (χ2n) is 6.14. The van der Waals surface area contributed by atoms with Crippen molar-refractivity contribution < 1.29 is 9.90 Å². The molecule has 0 saturated heterocycles. The summed E-state index contributed by atoms with van der Waals surface area (Å²) in [6.45, 7) is 0.500. The van der Waals surface area contributed by atoms with E-state index in [0.717, 1.165) is 16.5 Å². The first-order valence-corrected chi connectivity index (χ1v) is 8.10. The molecule has 4 heteroatoms. The molecule has 1 heterocycles. The molecular weight excluding hydrogens is 300 g/mol. The molecule has 1 unspecified atom stereocenters. The van der Waals surface area contributed by atoms with E-state index < -0.39 is 6.10 Å². The predicted octanol–water partition coefficient (Wildman–Crippen LogP) is 3.37. The average molecular weight is 322 g/mol. The maximum absolute atomic E-state index is 12.6. The van der Waals surface area contributed by atoms with Crippen LogP contribution >= 0.6 is 0 Å². The molecule has 0 radical (unpaired) electrons. The Hall–Kier alpha value is -2.59. The average Bonchev–Trinajstić information content (AvgIpc) is 3.00. The Kier molecular flexibility index (Phi) is 4.67. The predicted molar refractivity (Wildman–Crippen MR) is 95.9 cm³/mol. The number of aliphatic hydroxyl groups is 1. The van der Waals surface area contributed by atoms with Crippen molar-refractivity contribution in [3.8, 4) is 0 Å². The van der Waals surface area contributed by atoms with E-state index in [1.807, 2.05) is 72.4 Å². The van der Waals surface area contributed by atoms with Gasteiger partial charge in [-0.1, -0.05) is 36.4 Å². The summed E-state index contributed by atoms with van der Waals surface area (Å²) in [6, 6.07) is 17.3. The summed E-state index contributed by atoms with van der Waals surface area (Å²) in [5.74, 6) is -0.0293. The van der Waals surface area contributed by atoms with Gasteiger partial charge in [-0.3, -0.25) is 4.79 Å². The third kappa shape index (κ3) is 3.34. The number of aliphatic hydroxyl groups excluding tert-OH is 1. The van der Waals surface area contributed by atoms with Crippen LogP contribution in [0.4, 0.5) is 0 Å². The molecule has 2 aromatic carbocycles. The van der Waals surface area contributed by atoms with E-state index in [2.05, 4.69) is 0 Å². The first-order valence-electron chi connectivity index (χ1n) is 8.10. The number of benzene rings is 2. The first-order chi connectivity index (χ1) is 11.6. The Bertz CT molecular complexity index is 839. The van der Waals surface area contributed by atoms with Crippen molar-refractivity contribution in [3.05, 3.63) is 71.9 Å². The van der Waals surface area contributed by atoms with Crippen molar-refractivity contribution in [2.45, 2.75) is 12.5 Å². The lowest BCUT2D eigenvalue weighted by atomic mass is 10.1. The van der Waals surface area contributed by atoms with Crippen LogP contribution in [0.3, 0.4) is 0 Å². The number of aromatic nitrogens is 1. The van der Waals surface area contributed by atoms with Crippen LogP contribution in [-0.2, 0) is 7.05 Å². The van der Waals surface area contributed by atoms with Crippen molar-refractivity contribution in [3.63, 3.8) is 0 Å². The Morgan fingerprint density at radius 1 is 1.17 bits per heavy atom. The summed E-state index contributed by atoms with van der Waals surface area (Å²) in [5, 5.41) is 11.4. The summed E-state index contributed by atoms with van der Waals surface area (Å²) in [5.41, 5.74) is 2.59. The molecule has 3 rings (SSSR count). The van der Waals surface area contributed by atoms with E-state index in [-0.39, 0.29) is 5.91 Å². The van der Waals surface area contributed by atoms with E-state index in [4.69, 9.17) is 0 Å². The topological polar surface area (TPSA) is 45.5 Å². The van der Waals surface area contributed by atoms with Gasteiger partial charge in [0.2, 0.25) is 0 Å². The number of nitrogens with zero attached hydrogens (tertiary/aromatic N) is 2. The zero-order valence-corrected chi connectivity index (χ0v) is 14.0. The largest absolute Gasteiger partial charge is 0.388 e. The zero-order chi connectivity index (χ0) is 17.1. The summed E-state index contributed by atoms with van der Waals surface area (Å²) >= 11 is 0. The Morgan fingerprint density at radius 2 is 1.92 bits per heavy atom. The van der Waals surface area contributed by atoms with Crippen LogP contribution < -0.4 is 0 Å².